The fraction of sp³-hybridized carbons (Fsp3) is 0.240. The van der Waals surface area contributed by atoms with Crippen LogP contribution in [0.1, 0.15) is 53.7 Å². The van der Waals surface area contributed by atoms with Gasteiger partial charge in [0, 0.05) is 0 Å². The van der Waals surface area contributed by atoms with E-state index in [2.05, 4.69) is 6.58 Å². The second kappa shape index (κ2) is 8.59. The summed E-state index contributed by atoms with van der Waals surface area (Å²) in [6.07, 6.45) is 7.30. The van der Waals surface area contributed by atoms with Gasteiger partial charge in [0.25, 0.3) is 0 Å². The van der Waals surface area contributed by atoms with Crippen LogP contribution in [0.15, 0.2) is 54.6 Å². The lowest BCUT2D eigenvalue weighted by atomic mass is 9.90. The maximum absolute atomic E-state index is 11.8. The largest absolute Gasteiger partial charge is 0.506 e. The number of aromatic carboxylic acids is 1. The highest BCUT2D eigenvalue weighted by molar-refractivity contribution is 5.98. The van der Waals surface area contributed by atoms with Crippen molar-refractivity contribution in [2.45, 2.75) is 38.4 Å². The monoisotopic (exact) mass is 406 g/mol. The Balaban J connectivity index is 1.96. The maximum atomic E-state index is 11.8. The lowest BCUT2D eigenvalue weighted by molar-refractivity contribution is 0.0693. The minimum absolute atomic E-state index is 0.171. The van der Waals surface area contributed by atoms with Gasteiger partial charge < -0.3 is 20.1 Å². The molecule has 0 saturated heterocycles. The number of benzene rings is 2. The Morgan fingerprint density at radius 3 is 2.60 bits per heavy atom. The highest BCUT2D eigenvalue weighted by Gasteiger charge is 2.31. The number of rotatable bonds is 7. The summed E-state index contributed by atoms with van der Waals surface area (Å²) in [6, 6.07) is 11.1. The summed E-state index contributed by atoms with van der Waals surface area (Å²) >= 11 is 0. The molecule has 1 aliphatic rings. The van der Waals surface area contributed by atoms with Crippen LogP contribution in [0.25, 0.3) is 18.2 Å². The molecule has 0 saturated carbocycles. The van der Waals surface area contributed by atoms with Crippen LogP contribution in [0.3, 0.4) is 0 Å². The SMILES string of the molecule is C=C(C)C(O)CCC1(C)C=Cc2c(cc(C=Cc3ccccc3)c(C(=O)O)c2O)O1. The van der Waals surface area contributed by atoms with Crippen LogP contribution in [0.4, 0.5) is 0 Å². The Kier molecular flexibility index (Phi) is 6.13. The summed E-state index contributed by atoms with van der Waals surface area (Å²) in [4.78, 5) is 11.8. The Morgan fingerprint density at radius 1 is 1.27 bits per heavy atom. The van der Waals surface area contributed by atoms with Gasteiger partial charge in [0.2, 0.25) is 0 Å². The van der Waals surface area contributed by atoms with Gasteiger partial charge >= 0.3 is 5.97 Å². The van der Waals surface area contributed by atoms with Crippen molar-refractivity contribution in [3.8, 4) is 11.5 Å². The second-order valence-electron chi connectivity index (χ2n) is 7.80. The van der Waals surface area contributed by atoms with Gasteiger partial charge in [-0.2, -0.15) is 0 Å². The summed E-state index contributed by atoms with van der Waals surface area (Å²) in [5, 5.41) is 30.3. The Morgan fingerprint density at radius 2 is 1.97 bits per heavy atom. The average Bonchev–Trinajstić information content (AvgIpc) is 2.70. The first-order valence-electron chi connectivity index (χ1n) is 9.78. The summed E-state index contributed by atoms with van der Waals surface area (Å²) in [5.41, 5.74) is 1.42. The van der Waals surface area contributed by atoms with Gasteiger partial charge in [-0.05, 0) is 56.0 Å². The zero-order valence-electron chi connectivity index (χ0n) is 17.1. The predicted molar refractivity (Wildman–Crippen MR) is 119 cm³/mol. The number of aliphatic hydroxyl groups is 1. The normalized spacial score (nSPS) is 18.6. The van der Waals surface area contributed by atoms with Gasteiger partial charge in [-0.15, -0.1) is 0 Å². The van der Waals surface area contributed by atoms with Crippen LogP contribution >= 0.6 is 0 Å². The van der Waals surface area contributed by atoms with E-state index in [1.54, 1.807) is 37.3 Å². The molecule has 0 bridgehead atoms. The number of carboxylic acids is 1. The van der Waals surface area contributed by atoms with Crippen molar-refractivity contribution < 1.29 is 24.9 Å². The standard InChI is InChI=1S/C25H26O5/c1-16(2)20(26)12-14-25(3)13-11-19-21(30-25)15-18(22(23(19)27)24(28)29)10-9-17-7-5-4-6-8-17/h4-11,13,15,20,26-27H,1,12,14H2,2-3H3,(H,28,29). The van der Waals surface area contributed by atoms with E-state index < -0.39 is 17.7 Å². The van der Waals surface area contributed by atoms with Crippen LogP contribution in [-0.2, 0) is 0 Å². The molecule has 1 heterocycles. The van der Waals surface area contributed by atoms with Crippen molar-refractivity contribution in [2.75, 3.05) is 0 Å². The number of carboxylic acid groups (broad SMARTS) is 1. The number of carbonyl (C=O) groups is 1. The quantitative estimate of drug-likeness (QED) is 0.438. The first-order valence-corrected chi connectivity index (χ1v) is 9.78. The third-order valence-electron chi connectivity index (χ3n) is 5.23. The lowest BCUT2D eigenvalue weighted by Crippen LogP contribution is -2.33. The fourth-order valence-electron chi connectivity index (χ4n) is 3.38. The van der Waals surface area contributed by atoms with E-state index in [0.717, 1.165) is 5.56 Å². The minimum Gasteiger partial charge on any atom is -0.506 e. The zero-order chi connectivity index (χ0) is 21.9. The van der Waals surface area contributed by atoms with E-state index in [4.69, 9.17) is 4.74 Å². The van der Waals surface area contributed by atoms with Gasteiger partial charge in [-0.3, -0.25) is 0 Å². The third-order valence-corrected chi connectivity index (χ3v) is 5.23. The molecule has 30 heavy (non-hydrogen) atoms. The van der Waals surface area contributed by atoms with Gasteiger partial charge in [0.15, 0.2) is 0 Å². The van der Waals surface area contributed by atoms with E-state index >= 15 is 0 Å². The van der Waals surface area contributed by atoms with Crippen LogP contribution < -0.4 is 4.74 Å². The first kappa shape index (κ1) is 21.4. The number of aliphatic hydroxyl groups excluding tert-OH is 1. The van der Waals surface area contributed by atoms with Crippen molar-refractivity contribution in [1.29, 1.82) is 0 Å². The minimum atomic E-state index is -1.21. The highest BCUT2D eigenvalue weighted by Crippen LogP contribution is 2.42. The number of hydrogen-bond acceptors (Lipinski definition) is 4. The molecule has 2 unspecified atom stereocenters. The predicted octanol–water partition coefficient (Wildman–Crippen LogP) is 5.14. The summed E-state index contributed by atoms with van der Waals surface area (Å²) in [6.45, 7) is 7.43. The molecule has 3 rings (SSSR count). The summed E-state index contributed by atoms with van der Waals surface area (Å²) in [7, 11) is 0. The van der Waals surface area contributed by atoms with E-state index in [1.807, 2.05) is 37.3 Å². The molecule has 156 valence electrons. The number of ether oxygens (including phenoxy) is 1. The van der Waals surface area contributed by atoms with Crippen LogP contribution in [0, 0.1) is 0 Å². The van der Waals surface area contributed by atoms with E-state index in [9.17, 15) is 20.1 Å². The van der Waals surface area contributed by atoms with Crippen molar-refractivity contribution in [3.63, 3.8) is 0 Å². The second-order valence-corrected chi connectivity index (χ2v) is 7.80. The van der Waals surface area contributed by atoms with Gasteiger partial charge in [-0.25, -0.2) is 4.79 Å². The molecule has 0 amide bonds. The first-order chi connectivity index (χ1) is 14.2. The molecule has 5 heteroatoms. The molecule has 0 spiro atoms. The maximum Gasteiger partial charge on any atom is 0.340 e. The van der Waals surface area contributed by atoms with Gasteiger partial charge in [0.1, 0.15) is 22.7 Å². The Hall–Kier alpha value is -3.31. The summed E-state index contributed by atoms with van der Waals surface area (Å²) < 4.78 is 6.14. The molecule has 1 aliphatic heterocycles. The molecule has 5 nitrogen and oxygen atoms in total. The molecule has 2 aromatic rings. The van der Waals surface area contributed by atoms with Crippen LogP contribution in [0.5, 0.6) is 11.5 Å². The molecule has 2 atom stereocenters. The Labute approximate surface area is 176 Å². The Bertz CT molecular complexity index is 1020. The van der Waals surface area contributed by atoms with Crippen LogP contribution in [-0.4, -0.2) is 33.0 Å². The highest BCUT2D eigenvalue weighted by atomic mass is 16.5. The van der Waals surface area contributed by atoms with Crippen molar-refractivity contribution in [3.05, 3.63) is 76.9 Å². The number of aromatic hydroxyl groups is 1. The molecule has 0 aliphatic carbocycles. The van der Waals surface area contributed by atoms with E-state index in [-0.39, 0.29) is 11.3 Å². The summed E-state index contributed by atoms with van der Waals surface area (Å²) in [5.74, 6) is -1.14. The van der Waals surface area contributed by atoms with Crippen molar-refractivity contribution in [2.24, 2.45) is 0 Å². The van der Waals surface area contributed by atoms with E-state index in [1.165, 1.54) is 0 Å². The smallest absolute Gasteiger partial charge is 0.340 e. The van der Waals surface area contributed by atoms with Crippen molar-refractivity contribution in [1.82, 2.24) is 0 Å². The topological polar surface area (TPSA) is 87.0 Å². The molecule has 0 fully saturated rings. The average molecular weight is 406 g/mol. The lowest BCUT2D eigenvalue weighted by Gasteiger charge is -2.33. The number of fused-ring (bicyclic) bond motifs is 1. The number of hydrogen-bond donors (Lipinski definition) is 3. The molecular formula is C25H26O5. The van der Waals surface area contributed by atoms with Crippen LogP contribution in [0.2, 0.25) is 0 Å². The molecular weight excluding hydrogens is 380 g/mol. The van der Waals surface area contributed by atoms with Crippen molar-refractivity contribution >= 4 is 24.2 Å². The van der Waals surface area contributed by atoms with Gasteiger partial charge in [-0.1, -0.05) is 54.6 Å². The third kappa shape index (κ3) is 4.63. The zero-order valence-corrected chi connectivity index (χ0v) is 17.1. The van der Waals surface area contributed by atoms with E-state index in [0.29, 0.717) is 35.3 Å². The molecule has 2 aromatic carbocycles. The molecule has 0 aromatic heterocycles. The molecule has 3 N–H and O–H groups in total. The fourth-order valence-corrected chi connectivity index (χ4v) is 3.38. The van der Waals surface area contributed by atoms with Gasteiger partial charge in [0.05, 0.1) is 11.7 Å². The molecule has 0 radical (unpaired) electrons. The number of phenols is 1.